The summed E-state index contributed by atoms with van der Waals surface area (Å²) in [6, 6.07) is 6.83. The standard InChI is InChI=1S/C15H20N2O6/c1-3-16-13(18)8-17-14(19)9-23-15(20)10-22-12-7-5-4-6-11(12)21-2/h4-7H,3,8-10H2,1-2H3,(H,16,18)(H,17,19). The normalized spacial score (nSPS) is 9.65. The first-order chi connectivity index (χ1) is 11.1. The summed E-state index contributed by atoms with van der Waals surface area (Å²) in [6.45, 7) is 1.24. The molecule has 0 bridgehead atoms. The Morgan fingerprint density at radius 1 is 1.00 bits per heavy atom. The van der Waals surface area contributed by atoms with Crippen LogP contribution in [0.25, 0.3) is 0 Å². The Labute approximate surface area is 134 Å². The van der Waals surface area contributed by atoms with Gasteiger partial charge >= 0.3 is 5.97 Å². The number of likely N-dealkylation sites (N-methyl/N-ethyl adjacent to an activating group) is 1. The van der Waals surface area contributed by atoms with E-state index in [1.165, 1.54) is 7.11 Å². The number of para-hydroxylation sites is 2. The summed E-state index contributed by atoms with van der Waals surface area (Å²) in [5.41, 5.74) is 0. The first-order valence-corrected chi connectivity index (χ1v) is 7.01. The zero-order valence-corrected chi connectivity index (χ0v) is 13.1. The number of carbonyl (C=O) groups excluding carboxylic acids is 3. The average Bonchev–Trinajstić information content (AvgIpc) is 2.56. The van der Waals surface area contributed by atoms with Gasteiger partial charge in [0.15, 0.2) is 24.7 Å². The van der Waals surface area contributed by atoms with Gasteiger partial charge in [-0.3, -0.25) is 9.59 Å². The van der Waals surface area contributed by atoms with Crippen molar-refractivity contribution in [2.75, 3.05) is 33.4 Å². The van der Waals surface area contributed by atoms with Crippen molar-refractivity contribution in [3.63, 3.8) is 0 Å². The molecule has 0 spiro atoms. The van der Waals surface area contributed by atoms with Gasteiger partial charge in [-0.1, -0.05) is 12.1 Å². The van der Waals surface area contributed by atoms with Crippen LogP contribution in [-0.4, -0.2) is 51.2 Å². The van der Waals surface area contributed by atoms with Gasteiger partial charge in [0, 0.05) is 6.54 Å². The van der Waals surface area contributed by atoms with E-state index in [9.17, 15) is 14.4 Å². The number of hydrogen-bond donors (Lipinski definition) is 2. The minimum atomic E-state index is -0.705. The molecule has 8 nitrogen and oxygen atoms in total. The Bertz CT molecular complexity index is 547. The molecule has 0 fully saturated rings. The van der Waals surface area contributed by atoms with Crippen LogP contribution in [0.1, 0.15) is 6.92 Å². The van der Waals surface area contributed by atoms with E-state index in [4.69, 9.17) is 14.2 Å². The number of amides is 2. The third-order valence-corrected chi connectivity index (χ3v) is 2.60. The van der Waals surface area contributed by atoms with Crippen LogP contribution in [0.2, 0.25) is 0 Å². The fraction of sp³-hybridized carbons (Fsp3) is 0.400. The van der Waals surface area contributed by atoms with Gasteiger partial charge in [-0.15, -0.1) is 0 Å². The number of rotatable bonds is 9. The molecule has 0 atom stereocenters. The molecule has 0 radical (unpaired) electrons. The highest BCUT2D eigenvalue weighted by Crippen LogP contribution is 2.25. The summed E-state index contributed by atoms with van der Waals surface area (Å²) in [4.78, 5) is 34.1. The van der Waals surface area contributed by atoms with Gasteiger partial charge in [-0.25, -0.2) is 4.79 Å². The Balaban J connectivity index is 2.26. The predicted molar refractivity (Wildman–Crippen MR) is 81.1 cm³/mol. The maximum atomic E-state index is 11.5. The van der Waals surface area contributed by atoms with Crippen molar-refractivity contribution >= 4 is 17.8 Å². The number of ether oxygens (including phenoxy) is 3. The van der Waals surface area contributed by atoms with Crippen molar-refractivity contribution in [2.24, 2.45) is 0 Å². The molecular weight excluding hydrogens is 304 g/mol. The van der Waals surface area contributed by atoms with Crippen LogP contribution in [0.4, 0.5) is 0 Å². The highest BCUT2D eigenvalue weighted by molar-refractivity contribution is 5.86. The molecule has 0 heterocycles. The molecule has 2 N–H and O–H groups in total. The van der Waals surface area contributed by atoms with Crippen molar-refractivity contribution < 1.29 is 28.6 Å². The molecule has 0 saturated carbocycles. The van der Waals surface area contributed by atoms with E-state index in [1.807, 2.05) is 0 Å². The molecule has 0 aliphatic rings. The zero-order chi connectivity index (χ0) is 17.1. The summed E-state index contributed by atoms with van der Waals surface area (Å²) in [7, 11) is 1.49. The minimum absolute atomic E-state index is 0.165. The number of benzene rings is 1. The molecule has 0 saturated heterocycles. The fourth-order valence-electron chi connectivity index (χ4n) is 1.55. The lowest BCUT2D eigenvalue weighted by Gasteiger charge is -2.10. The van der Waals surface area contributed by atoms with Crippen LogP contribution in [0.5, 0.6) is 11.5 Å². The van der Waals surface area contributed by atoms with Gasteiger partial charge in [0.2, 0.25) is 5.91 Å². The number of esters is 1. The summed E-state index contributed by atoms with van der Waals surface area (Å²) < 4.78 is 15.1. The molecule has 1 aromatic carbocycles. The summed E-state index contributed by atoms with van der Waals surface area (Å²) >= 11 is 0. The van der Waals surface area contributed by atoms with Crippen molar-refractivity contribution in [3.05, 3.63) is 24.3 Å². The highest BCUT2D eigenvalue weighted by Gasteiger charge is 2.11. The zero-order valence-electron chi connectivity index (χ0n) is 13.1. The van der Waals surface area contributed by atoms with Gasteiger partial charge in [0.05, 0.1) is 13.7 Å². The molecular formula is C15H20N2O6. The maximum absolute atomic E-state index is 11.5. The summed E-state index contributed by atoms with van der Waals surface area (Å²) in [5, 5.41) is 4.85. The number of carbonyl (C=O) groups is 3. The van der Waals surface area contributed by atoms with Crippen LogP contribution in [0, 0.1) is 0 Å². The molecule has 2 amide bonds. The molecule has 0 aliphatic carbocycles. The number of nitrogens with one attached hydrogen (secondary N) is 2. The van der Waals surface area contributed by atoms with E-state index < -0.39 is 18.5 Å². The lowest BCUT2D eigenvalue weighted by Crippen LogP contribution is -2.38. The first kappa shape index (κ1) is 18.3. The second-order valence-electron chi connectivity index (χ2n) is 4.33. The quantitative estimate of drug-likeness (QED) is 0.613. The molecule has 1 rings (SSSR count). The molecule has 126 valence electrons. The predicted octanol–water partition coefficient (Wildman–Crippen LogP) is -0.130. The largest absolute Gasteiger partial charge is 0.493 e. The van der Waals surface area contributed by atoms with E-state index in [2.05, 4.69) is 10.6 Å². The Morgan fingerprint density at radius 2 is 1.70 bits per heavy atom. The van der Waals surface area contributed by atoms with Crippen molar-refractivity contribution in [2.45, 2.75) is 6.92 Å². The van der Waals surface area contributed by atoms with Crippen LogP contribution >= 0.6 is 0 Å². The van der Waals surface area contributed by atoms with Gasteiger partial charge in [0.25, 0.3) is 5.91 Å². The Morgan fingerprint density at radius 3 is 2.35 bits per heavy atom. The van der Waals surface area contributed by atoms with Gasteiger partial charge in [-0.05, 0) is 19.1 Å². The van der Waals surface area contributed by atoms with Crippen LogP contribution in [-0.2, 0) is 19.1 Å². The van der Waals surface area contributed by atoms with Gasteiger partial charge in [-0.2, -0.15) is 0 Å². The Hall–Kier alpha value is -2.77. The summed E-state index contributed by atoms with van der Waals surface area (Å²) in [5.74, 6) is -0.703. The van der Waals surface area contributed by atoms with E-state index in [0.29, 0.717) is 18.0 Å². The van der Waals surface area contributed by atoms with Crippen LogP contribution in [0.15, 0.2) is 24.3 Å². The molecule has 0 aromatic heterocycles. The monoisotopic (exact) mass is 324 g/mol. The van der Waals surface area contributed by atoms with Crippen LogP contribution < -0.4 is 20.1 Å². The second kappa shape index (κ2) is 10.0. The smallest absolute Gasteiger partial charge is 0.344 e. The third-order valence-electron chi connectivity index (χ3n) is 2.60. The second-order valence-corrected chi connectivity index (χ2v) is 4.33. The maximum Gasteiger partial charge on any atom is 0.344 e. The third kappa shape index (κ3) is 7.16. The van der Waals surface area contributed by atoms with Crippen molar-refractivity contribution in [1.82, 2.24) is 10.6 Å². The molecule has 23 heavy (non-hydrogen) atoms. The molecule has 1 aromatic rings. The highest BCUT2D eigenvalue weighted by atomic mass is 16.6. The first-order valence-electron chi connectivity index (χ1n) is 7.01. The van der Waals surface area contributed by atoms with E-state index >= 15 is 0 Å². The van der Waals surface area contributed by atoms with E-state index in [0.717, 1.165) is 0 Å². The molecule has 0 unspecified atom stereocenters. The number of hydrogen-bond acceptors (Lipinski definition) is 6. The van der Waals surface area contributed by atoms with Crippen molar-refractivity contribution in [1.29, 1.82) is 0 Å². The van der Waals surface area contributed by atoms with Gasteiger partial charge < -0.3 is 24.8 Å². The average molecular weight is 324 g/mol. The van der Waals surface area contributed by atoms with E-state index in [1.54, 1.807) is 31.2 Å². The lowest BCUT2D eigenvalue weighted by atomic mass is 10.3. The van der Waals surface area contributed by atoms with Crippen molar-refractivity contribution in [3.8, 4) is 11.5 Å². The topological polar surface area (TPSA) is 103 Å². The van der Waals surface area contributed by atoms with Crippen LogP contribution in [0.3, 0.4) is 0 Å². The van der Waals surface area contributed by atoms with E-state index in [-0.39, 0.29) is 19.1 Å². The Kier molecular flexibility index (Phi) is 7.98. The number of methoxy groups -OCH3 is 1. The SMILES string of the molecule is CCNC(=O)CNC(=O)COC(=O)COc1ccccc1OC. The van der Waals surface area contributed by atoms with Gasteiger partial charge in [0.1, 0.15) is 0 Å². The summed E-state index contributed by atoms with van der Waals surface area (Å²) in [6.07, 6.45) is 0. The fourth-order valence-corrected chi connectivity index (χ4v) is 1.55. The molecule has 8 heteroatoms. The lowest BCUT2D eigenvalue weighted by molar-refractivity contribution is -0.150. The molecule has 0 aliphatic heterocycles. The minimum Gasteiger partial charge on any atom is -0.493 e.